The van der Waals surface area contributed by atoms with Crippen molar-refractivity contribution in [1.82, 2.24) is 0 Å². The number of hydrogen-bond acceptors (Lipinski definition) is 4. The van der Waals surface area contributed by atoms with Crippen molar-refractivity contribution in [3.63, 3.8) is 0 Å². The van der Waals surface area contributed by atoms with Crippen molar-refractivity contribution in [1.29, 1.82) is 0 Å². The minimum atomic E-state index is -0.931. The van der Waals surface area contributed by atoms with E-state index in [0.717, 1.165) is 0 Å². The van der Waals surface area contributed by atoms with Crippen LogP contribution < -0.4 is 51.4 Å². The molecule has 226 valence electrons. The van der Waals surface area contributed by atoms with Crippen LogP contribution in [0.4, 0.5) is 22.7 Å². The first-order valence-electron chi connectivity index (χ1n) is 15.0. The molecular weight excluding hydrogens is 574 g/mol. The molecule has 0 aromatic heterocycles. The maximum atomic E-state index is 2.39. The van der Waals surface area contributed by atoms with Gasteiger partial charge in [0.25, 0.3) is 0 Å². The summed E-state index contributed by atoms with van der Waals surface area (Å²) in [6.45, 7) is 0. The van der Waals surface area contributed by atoms with E-state index in [4.69, 9.17) is 0 Å². The number of anilines is 4. The van der Waals surface area contributed by atoms with Crippen molar-refractivity contribution >= 4 is 70.4 Å². The zero-order chi connectivity index (χ0) is 31.4. The maximum Gasteiger partial charge on any atom is 0.0445 e. The van der Waals surface area contributed by atoms with Crippen molar-refractivity contribution in [3.8, 4) is 0 Å². The molecule has 4 nitrogen and oxygen atoms in total. The second kappa shape index (κ2) is 13.9. The Balaban J connectivity index is 1.90. The predicted molar refractivity (Wildman–Crippen MR) is 201 cm³/mol. The zero-order valence-electron chi connectivity index (χ0n) is 27.2. The average molecular weight is 619 g/mol. The summed E-state index contributed by atoms with van der Waals surface area (Å²) in [6, 6.07) is 45.1. The fourth-order valence-electron chi connectivity index (χ4n) is 5.75. The summed E-state index contributed by atoms with van der Waals surface area (Å²) in [4.78, 5) is 9.04. The molecule has 6 heteroatoms. The van der Waals surface area contributed by atoms with Crippen LogP contribution in [0.1, 0.15) is 0 Å². The molecule has 44 heavy (non-hydrogen) atoms. The van der Waals surface area contributed by atoms with Gasteiger partial charge in [0, 0.05) is 100 Å². The summed E-state index contributed by atoms with van der Waals surface area (Å²) in [7, 11) is 15.4. The highest BCUT2D eigenvalue weighted by atomic mass is 31.1. The lowest BCUT2D eigenvalue weighted by Crippen LogP contribution is -2.38. The van der Waals surface area contributed by atoms with E-state index >= 15 is 0 Å². The molecule has 0 heterocycles. The third-order valence-electron chi connectivity index (χ3n) is 7.78. The predicted octanol–water partition coefficient (Wildman–Crippen LogP) is 5.47. The van der Waals surface area contributed by atoms with Crippen LogP contribution in [0.2, 0.25) is 0 Å². The standard InChI is InChI=1S/C38H44N4P2/c1-39(2)29-19-9-13-23-33(29)43(34-24-14-10-20-30(34)40(3)4)37-27-17-18-28-38(37)44(35-25-15-11-21-31(35)41(5)6)36-26-16-12-22-32(36)42(7)8/h9-28H,1-8H3. The molecule has 0 aliphatic heterocycles. The van der Waals surface area contributed by atoms with Crippen LogP contribution in [-0.4, -0.2) is 56.4 Å². The maximum absolute atomic E-state index is 2.39. The van der Waals surface area contributed by atoms with Crippen molar-refractivity contribution in [3.05, 3.63) is 121 Å². The van der Waals surface area contributed by atoms with E-state index in [1.165, 1.54) is 54.6 Å². The molecule has 0 unspecified atom stereocenters. The first-order valence-corrected chi connectivity index (χ1v) is 17.6. The molecule has 0 spiro atoms. The van der Waals surface area contributed by atoms with Crippen LogP contribution in [0.25, 0.3) is 0 Å². The molecule has 0 N–H and O–H groups in total. The third kappa shape index (κ3) is 6.34. The van der Waals surface area contributed by atoms with Crippen LogP contribution >= 0.6 is 15.8 Å². The van der Waals surface area contributed by atoms with E-state index < -0.39 is 15.8 Å². The molecule has 0 amide bonds. The molecular formula is C38H44N4P2. The summed E-state index contributed by atoms with van der Waals surface area (Å²) in [5.74, 6) is 0. The lowest BCUT2D eigenvalue weighted by Gasteiger charge is -2.33. The number of hydrogen-bond donors (Lipinski definition) is 0. The van der Waals surface area contributed by atoms with Gasteiger partial charge >= 0.3 is 0 Å². The van der Waals surface area contributed by atoms with Gasteiger partial charge in [-0.15, -0.1) is 0 Å². The Morgan fingerprint density at radius 1 is 0.273 bits per heavy atom. The number of para-hydroxylation sites is 4. The van der Waals surface area contributed by atoms with Crippen molar-refractivity contribution in [2.24, 2.45) is 0 Å². The fourth-order valence-corrected chi connectivity index (χ4v) is 11.9. The van der Waals surface area contributed by atoms with Gasteiger partial charge in [0.2, 0.25) is 0 Å². The Morgan fingerprint density at radius 3 is 0.659 bits per heavy atom. The largest absolute Gasteiger partial charge is 0.377 e. The molecule has 5 aromatic carbocycles. The van der Waals surface area contributed by atoms with Crippen molar-refractivity contribution in [2.45, 2.75) is 0 Å². The van der Waals surface area contributed by atoms with Gasteiger partial charge < -0.3 is 19.6 Å². The summed E-state index contributed by atoms with van der Waals surface area (Å²) in [5.41, 5.74) is 5.03. The lowest BCUT2D eigenvalue weighted by molar-refractivity contribution is 1.14. The Bertz CT molecular complexity index is 1480. The fraction of sp³-hybridized carbons (Fsp3) is 0.211. The molecule has 0 saturated carbocycles. The molecule has 0 bridgehead atoms. The summed E-state index contributed by atoms with van der Waals surface area (Å²) in [6.07, 6.45) is 0. The van der Waals surface area contributed by atoms with E-state index in [9.17, 15) is 0 Å². The van der Waals surface area contributed by atoms with Gasteiger partial charge in [-0.05, 0) is 50.7 Å². The highest BCUT2D eigenvalue weighted by Crippen LogP contribution is 2.44. The SMILES string of the molecule is CN(C)c1ccccc1P(c1ccccc1N(C)C)c1ccccc1P(c1ccccc1N(C)C)c1ccccc1N(C)C. The Labute approximate surface area is 267 Å². The second-order valence-electron chi connectivity index (χ2n) is 11.7. The van der Waals surface area contributed by atoms with E-state index in [1.807, 2.05) is 0 Å². The van der Waals surface area contributed by atoms with Gasteiger partial charge in [-0.1, -0.05) is 97.1 Å². The molecule has 5 aromatic rings. The summed E-state index contributed by atoms with van der Waals surface area (Å²) >= 11 is 0. The van der Waals surface area contributed by atoms with Crippen LogP contribution in [0, 0.1) is 0 Å². The van der Waals surface area contributed by atoms with Crippen molar-refractivity contribution < 1.29 is 0 Å². The smallest absolute Gasteiger partial charge is 0.0445 e. The monoisotopic (exact) mass is 618 g/mol. The summed E-state index contributed by atoms with van der Waals surface area (Å²) in [5, 5.41) is 8.27. The van der Waals surface area contributed by atoms with Crippen LogP contribution in [-0.2, 0) is 0 Å². The van der Waals surface area contributed by atoms with E-state index in [2.05, 4.69) is 197 Å². The molecule has 0 radical (unpaired) electrons. The Kier molecular flexibility index (Phi) is 9.94. The highest BCUT2D eigenvalue weighted by molar-refractivity contribution is 7.86. The Hall–Kier alpha value is -3.84. The lowest BCUT2D eigenvalue weighted by atomic mass is 10.3. The first-order chi connectivity index (χ1) is 21.2. The molecule has 0 fully saturated rings. The van der Waals surface area contributed by atoms with Crippen LogP contribution in [0.15, 0.2) is 121 Å². The topological polar surface area (TPSA) is 13.0 Å². The van der Waals surface area contributed by atoms with Crippen LogP contribution in [0.5, 0.6) is 0 Å². The van der Waals surface area contributed by atoms with E-state index in [-0.39, 0.29) is 0 Å². The van der Waals surface area contributed by atoms with Gasteiger partial charge in [0.1, 0.15) is 0 Å². The molecule has 0 atom stereocenters. The van der Waals surface area contributed by atoms with Gasteiger partial charge in [-0.2, -0.15) is 0 Å². The highest BCUT2D eigenvalue weighted by Gasteiger charge is 2.31. The molecule has 0 aliphatic rings. The van der Waals surface area contributed by atoms with Crippen molar-refractivity contribution in [2.75, 3.05) is 76.0 Å². The first kappa shape index (κ1) is 31.6. The van der Waals surface area contributed by atoms with E-state index in [0.29, 0.717) is 0 Å². The van der Waals surface area contributed by atoms with E-state index in [1.54, 1.807) is 0 Å². The number of rotatable bonds is 10. The zero-order valence-corrected chi connectivity index (χ0v) is 29.0. The Morgan fingerprint density at radius 2 is 0.455 bits per heavy atom. The van der Waals surface area contributed by atoms with Gasteiger partial charge in [0.05, 0.1) is 0 Å². The molecule has 0 aliphatic carbocycles. The summed E-state index contributed by atoms with van der Waals surface area (Å²) < 4.78 is 0. The number of benzene rings is 5. The minimum Gasteiger partial charge on any atom is -0.377 e. The van der Waals surface area contributed by atoms with Gasteiger partial charge in [-0.3, -0.25) is 0 Å². The average Bonchev–Trinajstić information content (AvgIpc) is 3.02. The minimum absolute atomic E-state index is 0.931. The quantitative estimate of drug-likeness (QED) is 0.193. The molecule has 0 saturated heterocycles. The van der Waals surface area contributed by atoms with Crippen LogP contribution in [0.3, 0.4) is 0 Å². The second-order valence-corrected chi connectivity index (χ2v) is 15.9. The molecule has 5 rings (SSSR count). The third-order valence-corrected chi connectivity index (χ3v) is 13.1. The normalized spacial score (nSPS) is 11.1. The van der Waals surface area contributed by atoms with Gasteiger partial charge in [0.15, 0.2) is 0 Å². The number of nitrogens with zero attached hydrogens (tertiary/aromatic N) is 4. The van der Waals surface area contributed by atoms with Gasteiger partial charge in [-0.25, -0.2) is 0 Å².